The number of aromatic nitrogens is 3. The number of benzene rings is 1. The number of thioether (sulfide) groups is 1. The van der Waals surface area contributed by atoms with E-state index in [9.17, 15) is 8.42 Å². The summed E-state index contributed by atoms with van der Waals surface area (Å²) in [5.41, 5.74) is 2.30. The number of hydrogen-bond donors (Lipinski definition) is 0. The Balaban J connectivity index is 1.86. The van der Waals surface area contributed by atoms with Crippen molar-refractivity contribution in [1.82, 2.24) is 14.6 Å². The fraction of sp³-hybridized carbons (Fsp3) is 0.176. The molecule has 0 fully saturated rings. The van der Waals surface area contributed by atoms with Gasteiger partial charge in [-0.15, -0.1) is 16.9 Å². The van der Waals surface area contributed by atoms with Gasteiger partial charge in [0.1, 0.15) is 0 Å². The third-order valence-corrected chi connectivity index (χ3v) is 6.04. The summed E-state index contributed by atoms with van der Waals surface area (Å²) in [4.78, 5) is 6.89. The third kappa shape index (κ3) is 2.91. The highest BCUT2D eigenvalue weighted by molar-refractivity contribution is 8.03. The van der Waals surface area contributed by atoms with Crippen molar-refractivity contribution in [3.05, 3.63) is 54.1 Å². The van der Waals surface area contributed by atoms with E-state index in [1.165, 1.54) is 6.26 Å². The molecule has 0 radical (unpaired) electrons. The average Bonchev–Trinajstić information content (AvgIpc) is 3.19. The number of sulfone groups is 1. The van der Waals surface area contributed by atoms with Gasteiger partial charge < -0.3 is 4.90 Å². The van der Waals surface area contributed by atoms with E-state index in [0.29, 0.717) is 5.95 Å². The summed E-state index contributed by atoms with van der Waals surface area (Å²) in [5.74, 6) is 0.625. The normalized spacial score (nSPS) is 17.5. The maximum atomic E-state index is 11.8. The van der Waals surface area contributed by atoms with Crippen molar-refractivity contribution in [2.45, 2.75) is 17.2 Å². The lowest BCUT2D eigenvalue weighted by Gasteiger charge is -2.16. The van der Waals surface area contributed by atoms with Crippen molar-refractivity contribution in [1.29, 1.82) is 0 Å². The molecule has 1 aliphatic heterocycles. The van der Waals surface area contributed by atoms with E-state index < -0.39 is 9.84 Å². The fourth-order valence-electron chi connectivity index (χ4n) is 2.74. The minimum Gasteiger partial charge on any atom is -0.303 e. The van der Waals surface area contributed by atoms with Crippen LogP contribution in [0.25, 0.3) is 16.9 Å². The highest BCUT2D eigenvalue weighted by atomic mass is 32.2. The van der Waals surface area contributed by atoms with Crippen LogP contribution in [0, 0.1) is 0 Å². The van der Waals surface area contributed by atoms with Gasteiger partial charge in [-0.25, -0.2) is 12.9 Å². The number of nitrogens with zero attached hydrogens (tertiary/aromatic N) is 4. The van der Waals surface area contributed by atoms with Crippen molar-refractivity contribution >= 4 is 33.2 Å². The Hall–Kier alpha value is -2.32. The summed E-state index contributed by atoms with van der Waals surface area (Å²) in [6, 6.07) is 12.6. The highest BCUT2D eigenvalue weighted by Crippen LogP contribution is 2.29. The molecule has 0 saturated heterocycles. The molecule has 0 amide bonds. The van der Waals surface area contributed by atoms with Crippen LogP contribution < -0.4 is 4.90 Å². The lowest BCUT2D eigenvalue weighted by Crippen LogP contribution is -2.21. The Morgan fingerprint density at radius 2 is 1.96 bits per heavy atom. The zero-order valence-corrected chi connectivity index (χ0v) is 15.3. The standard InChI is InChI=1S/C17H16N4O2S2/c1-12-20(9-10-24-12)17-18-16-8-4-7-15(21(16)19-17)13-5-3-6-14(11-13)25(2,22)23/h3-12H,1-2H3. The van der Waals surface area contributed by atoms with E-state index in [2.05, 4.69) is 17.0 Å². The maximum absolute atomic E-state index is 11.8. The molecule has 1 unspecified atom stereocenters. The molecule has 0 N–H and O–H groups in total. The molecule has 0 saturated carbocycles. The summed E-state index contributed by atoms with van der Waals surface area (Å²) in [6.45, 7) is 2.09. The molecule has 1 aliphatic rings. The zero-order valence-electron chi connectivity index (χ0n) is 13.7. The Labute approximate surface area is 150 Å². The van der Waals surface area contributed by atoms with Gasteiger partial charge in [0.05, 0.1) is 16.0 Å². The molecule has 0 bridgehead atoms. The van der Waals surface area contributed by atoms with E-state index in [1.807, 2.05) is 40.8 Å². The molecule has 3 aromatic rings. The van der Waals surface area contributed by atoms with E-state index in [-0.39, 0.29) is 10.3 Å². The van der Waals surface area contributed by atoms with Crippen LogP contribution in [0.15, 0.2) is 59.0 Å². The van der Waals surface area contributed by atoms with Gasteiger partial charge in [0.25, 0.3) is 5.95 Å². The number of rotatable bonds is 3. The number of anilines is 1. The first-order chi connectivity index (χ1) is 11.9. The molecule has 6 nitrogen and oxygen atoms in total. The van der Waals surface area contributed by atoms with Crippen molar-refractivity contribution < 1.29 is 8.42 Å². The van der Waals surface area contributed by atoms with Crippen molar-refractivity contribution in [3.63, 3.8) is 0 Å². The predicted octanol–water partition coefficient (Wildman–Crippen LogP) is 3.17. The Morgan fingerprint density at radius 3 is 2.68 bits per heavy atom. The molecule has 3 heterocycles. The summed E-state index contributed by atoms with van der Waals surface area (Å²) in [6.07, 6.45) is 3.17. The van der Waals surface area contributed by atoms with Gasteiger partial charge >= 0.3 is 0 Å². The fourth-order valence-corrected chi connectivity index (χ4v) is 4.13. The molecule has 1 aromatic carbocycles. The summed E-state index contributed by atoms with van der Waals surface area (Å²) in [5, 5.41) is 6.90. The van der Waals surface area contributed by atoms with Crippen LogP contribution in [0.5, 0.6) is 0 Å². The van der Waals surface area contributed by atoms with E-state index in [0.717, 1.165) is 16.9 Å². The van der Waals surface area contributed by atoms with Crippen LogP contribution in [0.1, 0.15) is 6.92 Å². The van der Waals surface area contributed by atoms with Crippen LogP contribution in [-0.4, -0.2) is 34.6 Å². The minimum absolute atomic E-state index is 0.245. The monoisotopic (exact) mass is 372 g/mol. The molecule has 8 heteroatoms. The predicted molar refractivity (Wildman–Crippen MR) is 100 cm³/mol. The minimum atomic E-state index is -3.27. The molecular formula is C17H16N4O2S2. The van der Waals surface area contributed by atoms with Crippen LogP contribution in [0.3, 0.4) is 0 Å². The van der Waals surface area contributed by atoms with Gasteiger partial charge in [-0.05, 0) is 36.6 Å². The number of fused-ring (bicyclic) bond motifs is 1. The lowest BCUT2D eigenvalue weighted by molar-refractivity contribution is 0.602. The Morgan fingerprint density at radius 1 is 1.16 bits per heavy atom. The van der Waals surface area contributed by atoms with Gasteiger partial charge in [-0.2, -0.15) is 4.98 Å². The molecule has 1 atom stereocenters. The second kappa shape index (κ2) is 5.89. The van der Waals surface area contributed by atoms with E-state index in [4.69, 9.17) is 0 Å². The van der Waals surface area contributed by atoms with Gasteiger partial charge in [-0.3, -0.25) is 0 Å². The van der Waals surface area contributed by atoms with Crippen LogP contribution in [0.4, 0.5) is 5.95 Å². The third-order valence-electron chi connectivity index (χ3n) is 4.03. The van der Waals surface area contributed by atoms with Crippen molar-refractivity contribution in [2.75, 3.05) is 11.2 Å². The largest absolute Gasteiger partial charge is 0.303 e. The molecule has 0 spiro atoms. The summed E-state index contributed by atoms with van der Waals surface area (Å²) >= 11 is 1.70. The van der Waals surface area contributed by atoms with Gasteiger partial charge in [0, 0.05) is 18.0 Å². The SMILES string of the molecule is CC1SC=CN1c1nc2cccc(-c3cccc(S(C)(=O)=O)c3)n2n1. The lowest BCUT2D eigenvalue weighted by atomic mass is 10.1. The van der Waals surface area contributed by atoms with Gasteiger partial charge in [0.2, 0.25) is 0 Å². The number of pyridine rings is 1. The molecule has 25 heavy (non-hydrogen) atoms. The zero-order chi connectivity index (χ0) is 17.6. The van der Waals surface area contributed by atoms with Crippen LogP contribution in [0.2, 0.25) is 0 Å². The molecule has 4 rings (SSSR count). The van der Waals surface area contributed by atoms with E-state index in [1.54, 1.807) is 34.5 Å². The molecular weight excluding hydrogens is 356 g/mol. The summed E-state index contributed by atoms with van der Waals surface area (Å²) in [7, 11) is -3.27. The number of hydrogen-bond acceptors (Lipinski definition) is 6. The maximum Gasteiger partial charge on any atom is 0.250 e. The first-order valence-electron chi connectivity index (χ1n) is 7.70. The first-order valence-corrected chi connectivity index (χ1v) is 10.5. The van der Waals surface area contributed by atoms with Crippen LogP contribution in [-0.2, 0) is 9.84 Å². The smallest absolute Gasteiger partial charge is 0.250 e. The van der Waals surface area contributed by atoms with Gasteiger partial charge in [-0.1, -0.05) is 18.2 Å². The quantitative estimate of drug-likeness (QED) is 0.703. The Bertz CT molecular complexity index is 1090. The molecule has 0 aliphatic carbocycles. The second-order valence-corrected chi connectivity index (χ2v) is 9.06. The topological polar surface area (TPSA) is 67.6 Å². The molecule has 128 valence electrons. The molecule has 2 aromatic heterocycles. The first kappa shape index (κ1) is 16.2. The average molecular weight is 372 g/mol. The van der Waals surface area contributed by atoms with E-state index >= 15 is 0 Å². The van der Waals surface area contributed by atoms with Crippen molar-refractivity contribution in [3.8, 4) is 11.3 Å². The highest BCUT2D eigenvalue weighted by Gasteiger charge is 2.21. The summed E-state index contributed by atoms with van der Waals surface area (Å²) < 4.78 is 25.4. The van der Waals surface area contributed by atoms with Crippen LogP contribution >= 0.6 is 11.8 Å². The van der Waals surface area contributed by atoms with Crippen molar-refractivity contribution in [2.24, 2.45) is 0 Å². The van der Waals surface area contributed by atoms with Gasteiger partial charge in [0.15, 0.2) is 15.5 Å². The Kier molecular flexibility index (Phi) is 3.81. The second-order valence-electron chi connectivity index (χ2n) is 5.82.